The van der Waals surface area contributed by atoms with Crippen LogP contribution in [0.25, 0.3) is 0 Å². The van der Waals surface area contributed by atoms with Gasteiger partial charge in [0.2, 0.25) is 0 Å². The Kier molecular flexibility index (Phi) is 7.71. The molecule has 4 rings (SSSR count). The summed E-state index contributed by atoms with van der Waals surface area (Å²) in [4.78, 5) is 12.3. The molecule has 0 saturated heterocycles. The van der Waals surface area contributed by atoms with E-state index >= 15 is 0 Å². The van der Waals surface area contributed by atoms with Crippen molar-refractivity contribution in [2.24, 2.45) is 11.3 Å². The van der Waals surface area contributed by atoms with E-state index in [1.807, 2.05) is 26.8 Å². The summed E-state index contributed by atoms with van der Waals surface area (Å²) >= 11 is 5.34. The Balaban J connectivity index is 1.70. The third-order valence-corrected chi connectivity index (χ3v) is 8.93. The first kappa shape index (κ1) is 30.1. The highest BCUT2D eigenvalue weighted by Gasteiger charge is 2.55. The largest absolute Gasteiger partial charge is 0.481 e. The lowest BCUT2D eigenvalue weighted by molar-refractivity contribution is -0.157. The highest BCUT2D eigenvalue weighted by molar-refractivity contribution is 7.80. The molecule has 0 aromatic heterocycles. The standard InChI is InChI=1S/C29H32F6N2O2S/c1-15(2)20-10-16-6-7-23-26(3,8-5-9-27(23,4)24(38)39)21(16)14-22(20)37-25(40)36-19-12-17(28(30,31)32)11-18(13-19)29(33,34)35/h10-15,23H,5-9H2,1-4H3,(H,38,39)(H2,36,37,40)/t23-,26-,27-/m1/s1. The zero-order chi connectivity index (χ0) is 29.8. The number of aryl methyl sites for hydroxylation is 1. The minimum absolute atomic E-state index is 0.0298. The van der Waals surface area contributed by atoms with Crippen molar-refractivity contribution in [1.29, 1.82) is 0 Å². The summed E-state index contributed by atoms with van der Waals surface area (Å²) < 4.78 is 79.9. The number of benzene rings is 2. The molecule has 2 aliphatic carbocycles. The number of hydrogen-bond acceptors (Lipinski definition) is 2. The van der Waals surface area contributed by atoms with Crippen molar-refractivity contribution in [3.8, 4) is 0 Å². The zero-order valence-electron chi connectivity index (χ0n) is 22.6. The van der Waals surface area contributed by atoms with E-state index in [2.05, 4.69) is 23.6 Å². The van der Waals surface area contributed by atoms with Gasteiger partial charge in [0.25, 0.3) is 0 Å². The van der Waals surface area contributed by atoms with E-state index in [1.165, 1.54) is 0 Å². The molecule has 2 aromatic rings. The summed E-state index contributed by atoms with van der Waals surface area (Å²) in [6, 6.07) is 5.23. The Morgan fingerprint density at radius 3 is 2.10 bits per heavy atom. The molecule has 0 amide bonds. The molecule has 4 nitrogen and oxygen atoms in total. The number of alkyl halides is 6. The third kappa shape index (κ3) is 5.53. The molecular formula is C29H32F6N2O2S. The van der Waals surface area contributed by atoms with E-state index in [1.54, 1.807) is 0 Å². The lowest BCUT2D eigenvalue weighted by atomic mass is 9.49. The summed E-state index contributed by atoms with van der Waals surface area (Å²) in [5.41, 5.74) is -1.02. The first-order chi connectivity index (χ1) is 18.4. The molecular weight excluding hydrogens is 554 g/mol. The highest BCUT2D eigenvalue weighted by atomic mass is 32.1. The fourth-order valence-electron chi connectivity index (χ4n) is 6.69. The smallest absolute Gasteiger partial charge is 0.416 e. The van der Waals surface area contributed by atoms with Gasteiger partial charge < -0.3 is 15.7 Å². The van der Waals surface area contributed by atoms with Crippen molar-refractivity contribution >= 4 is 34.7 Å². The van der Waals surface area contributed by atoms with Gasteiger partial charge in [0.05, 0.1) is 16.5 Å². The lowest BCUT2D eigenvalue weighted by Crippen LogP contribution is -2.52. The van der Waals surface area contributed by atoms with Crippen LogP contribution in [0.5, 0.6) is 0 Å². The van der Waals surface area contributed by atoms with E-state index in [0.717, 1.165) is 36.0 Å². The predicted octanol–water partition coefficient (Wildman–Crippen LogP) is 8.75. The van der Waals surface area contributed by atoms with Crippen molar-refractivity contribution in [2.75, 3.05) is 10.6 Å². The lowest BCUT2D eigenvalue weighted by Gasteiger charge is -2.53. The Hall–Kier alpha value is -2.82. The minimum atomic E-state index is -4.98. The molecule has 3 atom stereocenters. The van der Waals surface area contributed by atoms with E-state index in [9.17, 15) is 36.2 Å². The molecule has 11 heteroatoms. The number of nitrogens with one attached hydrogen (secondary N) is 2. The van der Waals surface area contributed by atoms with Crippen LogP contribution in [0.1, 0.15) is 87.1 Å². The fraction of sp³-hybridized carbons (Fsp3) is 0.517. The van der Waals surface area contributed by atoms with Gasteiger partial charge in [-0.05, 0) is 103 Å². The van der Waals surface area contributed by atoms with Crippen LogP contribution in [0.4, 0.5) is 37.7 Å². The van der Waals surface area contributed by atoms with E-state index in [0.29, 0.717) is 30.7 Å². The molecule has 0 unspecified atom stereocenters. The SMILES string of the molecule is CC(C)c1cc2c(cc1NC(=S)Nc1cc(C(F)(F)F)cc(C(F)(F)F)c1)[C@@]1(C)CCC[C@@](C)(C(=O)O)[C@@H]1CC2. The van der Waals surface area contributed by atoms with Gasteiger partial charge in [0, 0.05) is 11.4 Å². The van der Waals surface area contributed by atoms with Crippen LogP contribution in [-0.2, 0) is 29.0 Å². The van der Waals surface area contributed by atoms with Crippen molar-refractivity contribution in [2.45, 2.75) is 83.5 Å². The van der Waals surface area contributed by atoms with Crippen LogP contribution in [0.2, 0.25) is 0 Å². The summed E-state index contributed by atoms with van der Waals surface area (Å²) in [5, 5.41) is 15.4. The third-order valence-electron chi connectivity index (χ3n) is 8.73. The second-order valence-corrected chi connectivity index (χ2v) is 12.1. The molecule has 218 valence electrons. The van der Waals surface area contributed by atoms with Crippen LogP contribution in [-0.4, -0.2) is 16.2 Å². The molecule has 0 radical (unpaired) electrons. The fourth-order valence-corrected chi connectivity index (χ4v) is 6.92. The van der Waals surface area contributed by atoms with Gasteiger partial charge in [-0.3, -0.25) is 4.79 Å². The monoisotopic (exact) mass is 586 g/mol. The Labute approximate surface area is 234 Å². The maximum absolute atomic E-state index is 13.3. The van der Waals surface area contributed by atoms with Gasteiger partial charge in [-0.1, -0.05) is 33.3 Å². The number of carbonyl (C=O) groups is 1. The maximum atomic E-state index is 13.3. The molecule has 40 heavy (non-hydrogen) atoms. The summed E-state index contributed by atoms with van der Waals surface area (Å²) in [5.74, 6) is -0.872. The average molecular weight is 587 g/mol. The molecule has 0 spiro atoms. The second kappa shape index (κ2) is 10.2. The van der Waals surface area contributed by atoms with Gasteiger partial charge in [-0.2, -0.15) is 26.3 Å². The molecule has 0 aliphatic heterocycles. The average Bonchev–Trinajstić information content (AvgIpc) is 2.82. The molecule has 1 saturated carbocycles. The van der Waals surface area contributed by atoms with Gasteiger partial charge in [0.1, 0.15) is 0 Å². The van der Waals surface area contributed by atoms with Crippen molar-refractivity contribution in [3.05, 3.63) is 58.1 Å². The van der Waals surface area contributed by atoms with E-state index < -0.39 is 46.0 Å². The van der Waals surface area contributed by atoms with Gasteiger partial charge in [-0.25, -0.2) is 0 Å². The van der Waals surface area contributed by atoms with Crippen LogP contribution < -0.4 is 10.6 Å². The molecule has 2 aromatic carbocycles. The molecule has 2 aliphatic rings. The highest BCUT2D eigenvalue weighted by Crippen LogP contribution is 2.58. The predicted molar refractivity (Wildman–Crippen MR) is 146 cm³/mol. The maximum Gasteiger partial charge on any atom is 0.416 e. The Morgan fingerprint density at radius 1 is 0.975 bits per heavy atom. The van der Waals surface area contributed by atoms with Crippen molar-refractivity contribution in [1.82, 2.24) is 0 Å². The second-order valence-electron chi connectivity index (χ2n) is 11.7. The van der Waals surface area contributed by atoms with Gasteiger partial charge in [0.15, 0.2) is 5.11 Å². The number of thiocarbonyl (C=S) groups is 1. The normalized spacial score (nSPS) is 24.7. The quantitative estimate of drug-likeness (QED) is 0.247. The van der Waals surface area contributed by atoms with Gasteiger partial charge in [-0.15, -0.1) is 0 Å². The minimum Gasteiger partial charge on any atom is -0.481 e. The number of carboxylic acids is 1. The summed E-state index contributed by atoms with van der Waals surface area (Å²) in [6.45, 7) is 7.85. The van der Waals surface area contributed by atoms with Crippen molar-refractivity contribution < 1.29 is 36.2 Å². The first-order valence-electron chi connectivity index (χ1n) is 13.1. The van der Waals surface area contributed by atoms with Crippen LogP contribution >= 0.6 is 12.2 Å². The van der Waals surface area contributed by atoms with Crippen molar-refractivity contribution in [3.63, 3.8) is 0 Å². The van der Waals surface area contributed by atoms with Gasteiger partial charge >= 0.3 is 18.3 Å². The number of rotatable bonds is 4. The number of carboxylic acid groups (broad SMARTS) is 1. The van der Waals surface area contributed by atoms with Crippen LogP contribution in [0.3, 0.4) is 0 Å². The number of halogens is 6. The topological polar surface area (TPSA) is 61.4 Å². The van der Waals surface area contributed by atoms with E-state index in [-0.39, 0.29) is 23.0 Å². The van der Waals surface area contributed by atoms with E-state index in [4.69, 9.17) is 12.2 Å². The first-order valence-corrected chi connectivity index (χ1v) is 13.6. The van der Waals surface area contributed by atoms with Crippen LogP contribution in [0, 0.1) is 11.3 Å². The molecule has 3 N–H and O–H groups in total. The number of anilines is 2. The number of fused-ring (bicyclic) bond motifs is 3. The zero-order valence-corrected chi connectivity index (χ0v) is 23.4. The molecule has 1 fully saturated rings. The number of hydrogen-bond donors (Lipinski definition) is 3. The summed E-state index contributed by atoms with van der Waals surface area (Å²) in [7, 11) is 0. The van der Waals surface area contributed by atoms with Crippen LogP contribution in [0.15, 0.2) is 30.3 Å². The molecule has 0 heterocycles. The number of aliphatic carboxylic acids is 1. The molecule has 0 bridgehead atoms. The Bertz CT molecular complexity index is 1310. The Morgan fingerprint density at radius 2 is 1.57 bits per heavy atom. The summed E-state index contributed by atoms with van der Waals surface area (Å²) in [6.07, 6.45) is -6.35.